The van der Waals surface area contributed by atoms with Gasteiger partial charge in [0, 0.05) is 5.38 Å². The van der Waals surface area contributed by atoms with Crippen LogP contribution in [0.4, 0.5) is 0 Å². The van der Waals surface area contributed by atoms with Crippen molar-refractivity contribution >= 4 is 29.1 Å². The molecule has 30 heavy (non-hydrogen) atoms. The van der Waals surface area contributed by atoms with Gasteiger partial charge in [0.25, 0.3) is 11.8 Å². The summed E-state index contributed by atoms with van der Waals surface area (Å²) >= 11 is 1.40. The standard InChI is InChI=1S/C22H18N2O5S/c1-2-28-18-10-6-5-9-17(18)20-23-14(12-30-20)11-19(25)29-13-24-21(26)15-7-3-4-8-16(15)22(24)27/h3-10,12H,2,11,13H2,1H3. The van der Waals surface area contributed by atoms with Crippen molar-refractivity contribution in [3.05, 3.63) is 70.7 Å². The quantitative estimate of drug-likeness (QED) is 0.428. The van der Waals surface area contributed by atoms with Crippen LogP contribution in [0.5, 0.6) is 5.75 Å². The Labute approximate surface area is 176 Å². The highest BCUT2D eigenvalue weighted by Gasteiger charge is 2.35. The van der Waals surface area contributed by atoms with Crippen LogP contribution in [0.15, 0.2) is 53.9 Å². The van der Waals surface area contributed by atoms with Crippen LogP contribution in [-0.2, 0) is 16.0 Å². The third-order valence-electron chi connectivity index (χ3n) is 4.53. The van der Waals surface area contributed by atoms with E-state index in [1.165, 1.54) is 11.3 Å². The molecule has 0 bridgehead atoms. The first kappa shape index (κ1) is 19.8. The third kappa shape index (κ3) is 3.81. The SMILES string of the molecule is CCOc1ccccc1-c1nc(CC(=O)OCN2C(=O)c3ccccc3C2=O)cs1. The molecule has 2 amide bonds. The van der Waals surface area contributed by atoms with Crippen molar-refractivity contribution in [2.24, 2.45) is 0 Å². The molecule has 2 heterocycles. The molecule has 1 aliphatic heterocycles. The fourth-order valence-corrected chi connectivity index (χ4v) is 3.98. The molecule has 0 radical (unpaired) electrons. The summed E-state index contributed by atoms with van der Waals surface area (Å²) < 4.78 is 10.8. The normalized spacial score (nSPS) is 12.8. The topological polar surface area (TPSA) is 85.8 Å². The highest BCUT2D eigenvalue weighted by Crippen LogP contribution is 2.32. The number of rotatable bonds is 7. The van der Waals surface area contributed by atoms with Gasteiger partial charge in [0.1, 0.15) is 10.8 Å². The zero-order valence-corrected chi connectivity index (χ0v) is 17.0. The van der Waals surface area contributed by atoms with E-state index in [1.807, 2.05) is 31.2 Å². The molecule has 1 aromatic heterocycles. The summed E-state index contributed by atoms with van der Waals surface area (Å²) in [5.41, 5.74) is 2.04. The highest BCUT2D eigenvalue weighted by atomic mass is 32.1. The lowest BCUT2D eigenvalue weighted by molar-refractivity contribution is -0.145. The molecule has 0 aliphatic carbocycles. The second kappa shape index (κ2) is 8.46. The minimum atomic E-state index is -0.568. The molecule has 0 N–H and O–H groups in total. The minimum absolute atomic E-state index is 0.0591. The number of nitrogens with zero attached hydrogens (tertiary/aromatic N) is 2. The number of carbonyl (C=O) groups is 3. The largest absolute Gasteiger partial charge is 0.493 e. The molecule has 0 atom stereocenters. The predicted molar refractivity (Wildman–Crippen MR) is 110 cm³/mol. The molecule has 0 unspecified atom stereocenters. The second-order valence-corrected chi connectivity index (χ2v) is 7.34. The summed E-state index contributed by atoms with van der Waals surface area (Å²) in [7, 11) is 0. The van der Waals surface area contributed by atoms with Crippen LogP contribution >= 0.6 is 11.3 Å². The van der Waals surface area contributed by atoms with Crippen molar-refractivity contribution in [2.75, 3.05) is 13.3 Å². The molecule has 152 valence electrons. The molecule has 0 saturated heterocycles. The van der Waals surface area contributed by atoms with Gasteiger partial charge in [0.15, 0.2) is 6.73 Å². The maximum absolute atomic E-state index is 12.3. The minimum Gasteiger partial charge on any atom is -0.493 e. The van der Waals surface area contributed by atoms with E-state index in [0.29, 0.717) is 23.4 Å². The van der Waals surface area contributed by atoms with Gasteiger partial charge in [-0.25, -0.2) is 9.88 Å². The maximum Gasteiger partial charge on any atom is 0.313 e. The van der Waals surface area contributed by atoms with Crippen molar-refractivity contribution in [3.8, 4) is 16.3 Å². The number of esters is 1. The lowest BCUT2D eigenvalue weighted by Crippen LogP contribution is -2.33. The van der Waals surface area contributed by atoms with E-state index in [-0.39, 0.29) is 6.42 Å². The summed E-state index contributed by atoms with van der Waals surface area (Å²) in [4.78, 5) is 42.3. The number of imide groups is 1. The molecule has 8 heteroatoms. The Hall–Kier alpha value is -3.52. The summed E-state index contributed by atoms with van der Waals surface area (Å²) in [6, 6.07) is 14.1. The number of aromatic nitrogens is 1. The first-order valence-electron chi connectivity index (χ1n) is 9.36. The van der Waals surface area contributed by atoms with E-state index < -0.39 is 24.5 Å². The molecule has 4 rings (SSSR count). The van der Waals surface area contributed by atoms with Gasteiger partial charge in [0.05, 0.1) is 35.4 Å². The fourth-order valence-electron chi connectivity index (χ4n) is 3.13. The van der Waals surface area contributed by atoms with Gasteiger partial charge in [-0.05, 0) is 31.2 Å². The van der Waals surface area contributed by atoms with Crippen molar-refractivity contribution in [3.63, 3.8) is 0 Å². The fraction of sp³-hybridized carbons (Fsp3) is 0.182. The van der Waals surface area contributed by atoms with Crippen LogP contribution in [0.3, 0.4) is 0 Å². The van der Waals surface area contributed by atoms with Gasteiger partial charge in [-0.15, -0.1) is 11.3 Å². The van der Waals surface area contributed by atoms with E-state index in [4.69, 9.17) is 9.47 Å². The molecule has 3 aromatic rings. The van der Waals surface area contributed by atoms with Gasteiger partial charge >= 0.3 is 5.97 Å². The molecule has 2 aromatic carbocycles. The monoisotopic (exact) mass is 422 g/mol. The van der Waals surface area contributed by atoms with Crippen LogP contribution in [0.2, 0.25) is 0 Å². The summed E-state index contributed by atoms with van der Waals surface area (Å²) in [5.74, 6) is -0.769. The van der Waals surface area contributed by atoms with E-state index >= 15 is 0 Å². The number of ether oxygens (including phenoxy) is 2. The maximum atomic E-state index is 12.3. The number of para-hydroxylation sites is 1. The Morgan fingerprint density at radius 3 is 2.30 bits per heavy atom. The number of hydrogen-bond donors (Lipinski definition) is 0. The van der Waals surface area contributed by atoms with Gasteiger partial charge in [-0.3, -0.25) is 14.4 Å². The average molecular weight is 422 g/mol. The number of amides is 2. The Morgan fingerprint density at radius 2 is 1.63 bits per heavy atom. The smallest absolute Gasteiger partial charge is 0.313 e. The summed E-state index contributed by atoms with van der Waals surface area (Å²) in [6.07, 6.45) is -0.0591. The van der Waals surface area contributed by atoms with Crippen LogP contribution < -0.4 is 4.74 Å². The average Bonchev–Trinajstić information content (AvgIpc) is 3.31. The van der Waals surface area contributed by atoms with E-state index in [9.17, 15) is 14.4 Å². The number of hydrogen-bond acceptors (Lipinski definition) is 7. The summed E-state index contributed by atoms with van der Waals surface area (Å²) in [5, 5.41) is 2.52. The van der Waals surface area contributed by atoms with Crippen LogP contribution in [0.25, 0.3) is 10.6 Å². The number of carbonyl (C=O) groups excluding carboxylic acids is 3. The van der Waals surface area contributed by atoms with Gasteiger partial charge < -0.3 is 9.47 Å². The van der Waals surface area contributed by atoms with Crippen molar-refractivity contribution in [1.82, 2.24) is 9.88 Å². The molecule has 1 aliphatic rings. The molecular formula is C22H18N2O5S. The van der Waals surface area contributed by atoms with Gasteiger partial charge in [0.2, 0.25) is 0 Å². The Bertz CT molecular complexity index is 1090. The van der Waals surface area contributed by atoms with E-state index in [1.54, 1.807) is 29.6 Å². The van der Waals surface area contributed by atoms with E-state index in [2.05, 4.69) is 4.98 Å². The first-order valence-corrected chi connectivity index (χ1v) is 10.2. The third-order valence-corrected chi connectivity index (χ3v) is 5.45. The summed E-state index contributed by atoms with van der Waals surface area (Å²) in [6.45, 7) is 2.03. The van der Waals surface area contributed by atoms with Crippen LogP contribution in [0, 0.1) is 0 Å². The van der Waals surface area contributed by atoms with Crippen LogP contribution in [0.1, 0.15) is 33.3 Å². The van der Waals surface area contributed by atoms with Gasteiger partial charge in [-0.1, -0.05) is 24.3 Å². The molecule has 7 nitrogen and oxygen atoms in total. The molecule has 0 saturated carbocycles. The lowest BCUT2D eigenvalue weighted by atomic mass is 10.1. The van der Waals surface area contributed by atoms with Crippen molar-refractivity contribution < 1.29 is 23.9 Å². The number of thiazole rings is 1. The highest BCUT2D eigenvalue weighted by molar-refractivity contribution is 7.13. The molecular weight excluding hydrogens is 404 g/mol. The van der Waals surface area contributed by atoms with Crippen molar-refractivity contribution in [1.29, 1.82) is 0 Å². The molecule has 0 spiro atoms. The van der Waals surface area contributed by atoms with E-state index in [0.717, 1.165) is 21.2 Å². The second-order valence-electron chi connectivity index (χ2n) is 6.48. The number of benzene rings is 2. The number of fused-ring (bicyclic) bond motifs is 1. The first-order chi connectivity index (χ1) is 14.6. The van der Waals surface area contributed by atoms with Crippen molar-refractivity contribution in [2.45, 2.75) is 13.3 Å². The van der Waals surface area contributed by atoms with Crippen LogP contribution in [-0.4, -0.2) is 41.0 Å². The Balaban J connectivity index is 1.38. The Morgan fingerprint density at radius 1 is 1.00 bits per heavy atom. The van der Waals surface area contributed by atoms with Gasteiger partial charge in [-0.2, -0.15) is 0 Å². The predicted octanol–water partition coefficient (Wildman–Crippen LogP) is 3.55. The zero-order valence-electron chi connectivity index (χ0n) is 16.2. The zero-order chi connectivity index (χ0) is 21.1. The lowest BCUT2D eigenvalue weighted by Gasteiger charge is -2.13. The Kier molecular flexibility index (Phi) is 5.58. The molecule has 0 fully saturated rings.